The summed E-state index contributed by atoms with van der Waals surface area (Å²) >= 11 is 0. The fraction of sp³-hybridized carbons (Fsp3) is 0.800. The molecule has 1 saturated heterocycles. The van der Waals surface area contributed by atoms with Crippen LogP contribution >= 0.6 is 0 Å². The third-order valence-electron chi connectivity index (χ3n) is 4.14. The smallest absolute Gasteiger partial charge is 0.0948 e. The molecular weight excluding hydrogens is 254 g/mol. The molecule has 0 spiro atoms. The molecule has 2 unspecified atom stereocenters. The molecule has 1 aliphatic heterocycles. The molecule has 1 aromatic rings. The predicted molar refractivity (Wildman–Crippen MR) is 78.4 cm³/mol. The summed E-state index contributed by atoms with van der Waals surface area (Å²) < 4.78 is 12.8. The molecule has 0 aliphatic carbocycles. The van der Waals surface area contributed by atoms with Crippen molar-refractivity contribution in [2.24, 2.45) is 17.1 Å². The maximum Gasteiger partial charge on any atom is 0.0948 e. The molecule has 0 saturated carbocycles. The maximum absolute atomic E-state index is 6.40. The highest BCUT2D eigenvalue weighted by Gasteiger charge is 2.28. The van der Waals surface area contributed by atoms with Crippen LogP contribution in [0, 0.1) is 11.3 Å². The zero-order valence-electron chi connectivity index (χ0n) is 12.8. The molecule has 1 aliphatic rings. The lowest BCUT2D eigenvalue weighted by Crippen LogP contribution is -2.28. The molecule has 2 N–H and O–H groups in total. The number of nitrogens with two attached hydrogens (primary N) is 1. The standard InChI is InChI=1S/C15H27N3O2/c1-15(2,5-7-19-3)10-18-11-17-8-13(18)14(16)12-4-6-20-9-12/h8,11-12,14H,4-7,9-10,16H2,1-3H3. The van der Waals surface area contributed by atoms with Gasteiger partial charge >= 0.3 is 0 Å². The molecule has 5 heteroatoms. The van der Waals surface area contributed by atoms with Gasteiger partial charge in [-0.3, -0.25) is 0 Å². The van der Waals surface area contributed by atoms with E-state index in [2.05, 4.69) is 23.4 Å². The number of hydrogen-bond donors (Lipinski definition) is 1. The molecule has 1 aromatic heterocycles. The highest BCUT2D eigenvalue weighted by molar-refractivity contribution is 5.07. The van der Waals surface area contributed by atoms with Crippen LogP contribution in [0.15, 0.2) is 12.5 Å². The second-order valence-corrected chi connectivity index (χ2v) is 6.50. The summed E-state index contributed by atoms with van der Waals surface area (Å²) in [6.45, 7) is 7.78. The number of imidazole rings is 1. The first kappa shape index (κ1) is 15.5. The summed E-state index contributed by atoms with van der Waals surface area (Å²) in [5.74, 6) is 0.410. The highest BCUT2D eigenvalue weighted by atomic mass is 16.5. The van der Waals surface area contributed by atoms with E-state index in [1.54, 1.807) is 7.11 Å². The summed E-state index contributed by atoms with van der Waals surface area (Å²) in [4.78, 5) is 4.29. The number of hydrogen-bond acceptors (Lipinski definition) is 4. The van der Waals surface area contributed by atoms with Gasteiger partial charge in [-0.2, -0.15) is 0 Å². The Kier molecular flexibility index (Phi) is 5.18. The van der Waals surface area contributed by atoms with E-state index in [-0.39, 0.29) is 11.5 Å². The van der Waals surface area contributed by atoms with E-state index in [0.717, 1.165) is 44.9 Å². The predicted octanol–water partition coefficient (Wildman–Crippen LogP) is 1.98. The van der Waals surface area contributed by atoms with E-state index in [4.69, 9.17) is 15.2 Å². The van der Waals surface area contributed by atoms with Crippen molar-refractivity contribution < 1.29 is 9.47 Å². The molecule has 1 fully saturated rings. The van der Waals surface area contributed by atoms with Crippen LogP contribution in [0.5, 0.6) is 0 Å². The van der Waals surface area contributed by atoms with Gasteiger partial charge in [0.2, 0.25) is 0 Å². The van der Waals surface area contributed by atoms with E-state index in [1.807, 2.05) is 12.5 Å². The summed E-state index contributed by atoms with van der Waals surface area (Å²) in [6, 6.07) is 0.0122. The third kappa shape index (κ3) is 3.81. The second kappa shape index (κ2) is 6.70. The van der Waals surface area contributed by atoms with Crippen LogP contribution in [0.25, 0.3) is 0 Å². The van der Waals surface area contributed by atoms with Crippen LogP contribution in [0.4, 0.5) is 0 Å². The van der Waals surface area contributed by atoms with Crippen LogP contribution in [0.3, 0.4) is 0 Å². The Morgan fingerprint density at radius 2 is 2.40 bits per heavy atom. The Morgan fingerprint density at radius 3 is 3.05 bits per heavy atom. The molecule has 114 valence electrons. The number of rotatable bonds is 7. The number of ether oxygens (including phenoxy) is 2. The van der Waals surface area contributed by atoms with Crippen molar-refractivity contribution in [1.82, 2.24) is 9.55 Å². The van der Waals surface area contributed by atoms with E-state index >= 15 is 0 Å². The molecule has 0 radical (unpaired) electrons. The maximum atomic E-state index is 6.40. The van der Waals surface area contributed by atoms with Gasteiger partial charge in [0.15, 0.2) is 0 Å². The van der Waals surface area contributed by atoms with E-state index in [0.29, 0.717) is 5.92 Å². The average Bonchev–Trinajstić information content (AvgIpc) is 3.06. The van der Waals surface area contributed by atoms with Gasteiger partial charge in [0.1, 0.15) is 0 Å². The monoisotopic (exact) mass is 281 g/mol. The van der Waals surface area contributed by atoms with E-state index in [9.17, 15) is 0 Å². The fourth-order valence-electron chi connectivity index (χ4n) is 2.74. The van der Waals surface area contributed by atoms with Gasteiger partial charge in [0, 0.05) is 39.0 Å². The van der Waals surface area contributed by atoms with Crippen LogP contribution in [-0.4, -0.2) is 36.5 Å². The van der Waals surface area contributed by atoms with E-state index in [1.165, 1.54) is 0 Å². The number of nitrogens with zero attached hydrogens (tertiary/aromatic N) is 2. The van der Waals surface area contributed by atoms with Gasteiger partial charge in [-0.1, -0.05) is 13.8 Å². The topological polar surface area (TPSA) is 62.3 Å². The Labute approximate surface area is 121 Å². The molecule has 2 rings (SSSR count). The van der Waals surface area contributed by atoms with Crippen molar-refractivity contribution in [2.75, 3.05) is 26.9 Å². The van der Waals surface area contributed by atoms with Crippen LogP contribution in [0.1, 0.15) is 38.4 Å². The minimum Gasteiger partial charge on any atom is -0.385 e. The summed E-state index contributed by atoms with van der Waals surface area (Å²) in [6.07, 6.45) is 5.84. The molecule has 2 heterocycles. The zero-order chi connectivity index (χ0) is 14.6. The van der Waals surface area contributed by atoms with Gasteiger partial charge in [0.25, 0.3) is 0 Å². The Balaban J connectivity index is 2.04. The van der Waals surface area contributed by atoms with Gasteiger partial charge < -0.3 is 19.8 Å². The van der Waals surface area contributed by atoms with Gasteiger partial charge in [-0.15, -0.1) is 0 Å². The van der Waals surface area contributed by atoms with Crippen molar-refractivity contribution in [3.8, 4) is 0 Å². The molecule has 0 amide bonds. The third-order valence-corrected chi connectivity index (χ3v) is 4.14. The van der Waals surface area contributed by atoms with Crippen LogP contribution < -0.4 is 5.73 Å². The van der Waals surface area contributed by atoms with Gasteiger partial charge in [0.05, 0.1) is 24.7 Å². The van der Waals surface area contributed by atoms with Crippen molar-refractivity contribution in [2.45, 2.75) is 39.3 Å². The van der Waals surface area contributed by atoms with Crippen molar-refractivity contribution in [3.63, 3.8) is 0 Å². The largest absolute Gasteiger partial charge is 0.385 e. The molecule has 0 aromatic carbocycles. The second-order valence-electron chi connectivity index (χ2n) is 6.50. The molecule has 0 bridgehead atoms. The minimum absolute atomic E-state index is 0.0122. The fourth-order valence-corrected chi connectivity index (χ4v) is 2.74. The Bertz CT molecular complexity index is 411. The lowest BCUT2D eigenvalue weighted by molar-refractivity contribution is 0.141. The number of methoxy groups -OCH3 is 1. The summed E-state index contributed by atoms with van der Waals surface area (Å²) in [5, 5.41) is 0. The van der Waals surface area contributed by atoms with Crippen LogP contribution in [-0.2, 0) is 16.0 Å². The normalized spacial score (nSPS) is 21.3. The Hall–Kier alpha value is -0.910. The SMILES string of the molecule is COCCC(C)(C)Cn1cncc1C(N)C1CCOC1. The average molecular weight is 281 g/mol. The molecular formula is C15H27N3O2. The van der Waals surface area contributed by atoms with Crippen molar-refractivity contribution >= 4 is 0 Å². The van der Waals surface area contributed by atoms with E-state index < -0.39 is 0 Å². The first-order valence-corrected chi connectivity index (χ1v) is 7.36. The van der Waals surface area contributed by atoms with Crippen molar-refractivity contribution in [1.29, 1.82) is 0 Å². The van der Waals surface area contributed by atoms with Crippen LogP contribution in [0.2, 0.25) is 0 Å². The first-order valence-electron chi connectivity index (χ1n) is 7.36. The number of aromatic nitrogens is 2. The summed E-state index contributed by atoms with van der Waals surface area (Å²) in [7, 11) is 1.74. The lowest BCUT2D eigenvalue weighted by Gasteiger charge is -2.27. The molecule has 20 heavy (non-hydrogen) atoms. The molecule has 2 atom stereocenters. The van der Waals surface area contributed by atoms with Gasteiger partial charge in [-0.05, 0) is 18.3 Å². The Morgan fingerprint density at radius 1 is 1.60 bits per heavy atom. The quantitative estimate of drug-likeness (QED) is 0.830. The van der Waals surface area contributed by atoms with Crippen molar-refractivity contribution in [3.05, 3.63) is 18.2 Å². The molecule has 5 nitrogen and oxygen atoms in total. The minimum atomic E-state index is 0.0122. The lowest BCUT2D eigenvalue weighted by atomic mass is 9.89. The first-order chi connectivity index (χ1) is 9.53. The highest BCUT2D eigenvalue weighted by Crippen LogP contribution is 2.29. The van der Waals surface area contributed by atoms with Gasteiger partial charge in [-0.25, -0.2) is 4.98 Å². The summed E-state index contributed by atoms with van der Waals surface area (Å²) in [5.41, 5.74) is 7.68. The zero-order valence-corrected chi connectivity index (χ0v) is 12.8.